The molecule has 0 bridgehead atoms. The van der Waals surface area contributed by atoms with Crippen molar-refractivity contribution in [1.82, 2.24) is 4.31 Å². The highest BCUT2D eigenvalue weighted by Crippen LogP contribution is 2.28. The van der Waals surface area contributed by atoms with E-state index in [1.165, 1.54) is 11.3 Å². The van der Waals surface area contributed by atoms with Crippen molar-refractivity contribution in [3.05, 3.63) is 15.8 Å². The lowest BCUT2D eigenvalue weighted by atomic mass is 10.3. The molecule has 0 saturated carbocycles. The second-order valence-electron chi connectivity index (χ2n) is 4.19. The molecule has 1 aromatic rings. The van der Waals surface area contributed by atoms with Crippen LogP contribution in [0.25, 0.3) is 0 Å². The highest BCUT2D eigenvalue weighted by Gasteiger charge is 2.25. The summed E-state index contributed by atoms with van der Waals surface area (Å²) in [6, 6.07) is 1.71. The number of thiophene rings is 1. The van der Waals surface area contributed by atoms with Crippen LogP contribution in [0.1, 0.15) is 36.4 Å². The fraction of sp³-hybridized carbons (Fsp3) is 0.667. The summed E-state index contributed by atoms with van der Waals surface area (Å²) in [5.41, 5.74) is 5.57. The number of sulfonamides is 1. The van der Waals surface area contributed by atoms with E-state index in [-0.39, 0.29) is 0 Å². The Hall–Kier alpha value is -0.430. The van der Waals surface area contributed by atoms with Gasteiger partial charge in [0.05, 0.1) is 4.90 Å². The first-order valence-electron chi connectivity index (χ1n) is 6.26. The number of hydrogen-bond donors (Lipinski definition) is 1. The van der Waals surface area contributed by atoms with Crippen molar-refractivity contribution in [3.63, 3.8) is 0 Å². The van der Waals surface area contributed by atoms with Crippen LogP contribution in [0.3, 0.4) is 0 Å². The topological polar surface area (TPSA) is 63.4 Å². The molecule has 0 aliphatic rings. The van der Waals surface area contributed by atoms with Crippen molar-refractivity contribution >= 4 is 21.4 Å². The fourth-order valence-corrected chi connectivity index (χ4v) is 4.77. The van der Waals surface area contributed by atoms with Gasteiger partial charge >= 0.3 is 0 Å². The minimum atomic E-state index is -3.36. The van der Waals surface area contributed by atoms with Gasteiger partial charge in [-0.2, -0.15) is 4.31 Å². The maximum absolute atomic E-state index is 12.5. The molecule has 0 fully saturated rings. The maximum Gasteiger partial charge on any atom is 0.244 e. The number of aryl methyl sites for hydroxylation is 1. The van der Waals surface area contributed by atoms with E-state index in [2.05, 4.69) is 6.92 Å². The molecule has 0 unspecified atom stereocenters. The molecule has 0 amide bonds. The van der Waals surface area contributed by atoms with Gasteiger partial charge in [-0.1, -0.05) is 20.3 Å². The van der Waals surface area contributed by atoms with Crippen LogP contribution in [0.15, 0.2) is 11.0 Å². The molecule has 0 spiro atoms. The third-order valence-corrected chi connectivity index (χ3v) is 6.16. The second kappa shape index (κ2) is 6.65. The van der Waals surface area contributed by atoms with Gasteiger partial charge in [0.1, 0.15) is 0 Å². The minimum Gasteiger partial charge on any atom is -0.326 e. The lowest BCUT2D eigenvalue weighted by Crippen LogP contribution is -2.31. The molecule has 0 saturated heterocycles. The smallest absolute Gasteiger partial charge is 0.244 e. The Labute approximate surface area is 114 Å². The quantitative estimate of drug-likeness (QED) is 0.838. The van der Waals surface area contributed by atoms with E-state index in [0.717, 1.165) is 22.6 Å². The molecule has 18 heavy (non-hydrogen) atoms. The summed E-state index contributed by atoms with van der Waals surface area (Å²) >= 11 is 1.46. The predicted octanol–water partition coefficient (Wildman–Crippen LogP) is 2.33. The zero-order chi connectivity index (χ0) is 13.8. The van der Waals surface area contributed by atoms with Gasteiger partial charge in [-0.15, -0.1) is 11.3 Å². The van der Waals surface area contributed by atoms with E-state index in [0.29, 0.717) is 24.5 Å². The molecule has 4 nitrogen and oxygen atoms in total. The van der Waals surface area contributed by atoms with Crippen LogP contribution >= 0.6 is 11.3 Å². The minimum absolute atomic E-state index is 0.391. The first kappa shape index (κ1) is 15.6. The van der Waals surface area contributed by atoms with E-state index in [4.69, 9.17) is 5.73 Å². The van der Waals surface area contributed by atoms with Gasteiger partial charge in [-0.25, -0.2) is 8.42 Å². The maximum atomic E-state index is 12.5. The summed E-state index contributed by atoms with van der Waals surface area (Å²) in [6.07, 6.45) is 1.88. The molecular formula is C12H22N2O2S2. The summed E-state index contributed by atoms with van der Waals surface area (Å²) < 4.78 is 26.6. The van der Waals surface area contributed by atoms with Crippen molar-refractivity contribution in [2.75, 3.05) is 13.1 Å². The third kappa shape index (κ3) is 3.32. The number of nitrogens with two attached hydrogens (primary N) is 1. The van der Waals surface area contributed by atoms with Crippen LogP contribution in [0.2, 0.25) is 0 Å². The largest absolute Gasteiger partial charge is 0.326 e. The predicted molar refractivity (Wildman–Crippen MR) is 76.3 cm³/mol. The standard InChI is InChI=1S/C12H22N2O2S2/c1-4-6-7-14(5-2)18(15,16)12-8-11(9-13)17-10(12)3/h8H,4-7,9,13H2,1-3H3. The Bertz CT molecular complexity index is 480. The zero-order valence-corrected chi connectivity index (χ0v) is 12.9. The molecule has 0 aromatic carbocycles. The van der Waals surface area contributed by atoms with Crippen LogP contribution in [-0.4, -0.2) is 25.8 Å². The van der Waals surface area contributed by atoms with Gasteiger partial charge in [0.15, 0.2) is 0 Å². The van der Waals surface area contributed by atoms with Crippen LogP contribution in [0.4, 0.5) is 0 Å². The number of unbranched alkanes of at least 4 members (excludes halogenated alkanes) is 1. The summed E-state index contributed by atoms with van der Waals surface area (Å²) in [7, 11) is -3.36. The van der Waals surface area contributed by atoms with Crippen molar-refractivity contribution in [3.8, 4) is 0 Å². The van der Waals surface area contributed by atoms with E-state index in [1.807, 2.05) is 13.8 Å². The van der Waals surface area contributed by atoms with Crippen LogP contribution in [-0.2, 0) is 16.6 Å². The Morgan fingerprint density at radius 3 is 2.50 bits per heavy atom. The average Bonchev–Trinajstić information content (AvgIpc) is 2.72. The SMILES string of the molecule is CCCCN(CC)S(=O)(=O)c1cc(CN)sc1C. The molecule has 0 aliphatic heterocycles. The van der Waals surface area contributed by atoms with Gasteiger partial charge in [0.2, 0.25) is 10.0 Å². The van der Waals surface area contributed by atoms with Crippen LogP contribution in [0, 0.1) is 6.92 Å². The lowest BCUT2D eigenvalue weighted by molar-refractivity contribution is 0.419. The summed E-state index contributed by atoms with van der Waals surface area (Å²) in [4.78, 5) is 2.16. The summed E-state index contributed by atoms with van der Waals surface area (Å²) in [6.45, 7) is 7.26. The second-order valence-corrected chi connectivity index (χ2v) is 7.43. The van der Waals surface area contributed by atoms with Crippen molar-refractivity contribution in [1.29, 1.82) is 0 Å². The molecule has 1 aromatic heterocycles. The third-order valence-electron chi connectivity index (χ3n) is 2.86. The zero-order valence-electron chi connectivity index (χ0n) is 11.3. The van der Waals surface area contributed by atoms with E-state index < -0.39 is 10.0 Å². The van der Waals surface area contributed by atoms with Gasteiger partial charge < -0.3 is 5.73 Å². The molecule has 0 atom stereocenters. The molecule has 1 rings (SSSR count). The van der Waals surface area contributed by atoms with Crippen LogP contribution < -0.4 is 5.73 Å². The first-order valence-corrected chi connectivity index (χ1v) is 8.52. The highest BCUT2D eigenvalue weighted by atomic mass is 32.2. The monoisotopic (exact) mass is 290 g/mol. The molecule has 2 N–H and O–H groups in total. The van der Waals surface area contributed by atoms with E-state index in [9.17, 15) is 8.42 Å². The van der Waals surface area contributed by atoms with Crippen molar-refractivity contribution in [2.24, 2.45) is 5.73 Å². The van der Waals surface area contributed by atoms with Crippen LogP contribution in [0.5, 0.6) is 0 Å². The number of hydrogen-bond acceptors (Lipinski definition) is 4. The molecule has 0 aliphatic carbocycles. The lowest BCUT2D eigenvalue weighted by Gasteiger charge is -2.19. The first-order chi connectivity index (χ1) is 8.47. The van der Waals surface area contributed by atoms with Gasteiger partial charge in [-0.05, 0) is 19.4 Å². The summed E-state index contributed by atoms with van der Waals surface area (Å²) in [5.74, 6) is 0. The Morgan fingerprint density at radius 2 is 2.06 bits per heavy atom. The molecule has 6 heteroatoms. The normalized spacial score (nSPS) is 12.3. The molecule has 1 heterocycles. The number of rotatable bonds is 7. The van der Waals surface area contributed by atoms with Gasteiger partial charge in [-0.3, -0.25) is 0 Å². The van der Waals surface area contributed by atoms with Gasteiger partial charge in [0, 0.05) is 29.4 Å². The summed E-state index contributed by atoms with van der Waals surface area (Å²) in [5, 5.41) is 0. The van der Waals surface area contributed by atoms with Crippen molar-refractivity contribution in [2.45, 2.75) is 45.1 Å². The van der Waals surface area contributed by atoms with Crippen molar-refractivity contribution < 1.29 is 8.42 Å². The fourth-order valence-electron chi connectivity index (χ4n) is 1.80. The Morgan fingerprint density at radius 1 is 1.39 bits per heavy atom. The highest BCUT2D eigenvalue weighted by molar-refractivity contribution is 7.89. The Kier molecular flexibility index (Phi) is 5.78. The number of nitrogens with zero attached hydrogens (tertiary/aromatic N) is 1. The molecule has 0 radical (unpaired) electrons. The Balaban J connectivity index is 3.06. The van der Waals surface area contributed by atoms with E-state index in [1.54, 1.807) is 10.4 Å². The van der Waals surface area contributed by atoms with Gasteiger partial charge in [0.25, 0.3) is 0 Å². The average molecular weight is 290 g/mol. The molecule has 104 valence electrons. The molecular weight excluding hydrogens is 268 g/mol. The van der Waals surface area contributed by atoms with E-state index >= 15 is 0 Å².